The molecule has 1 amide bonds. The number of nitrogens with one attached hydrogen (secondary N) is 1. The van der Waals surface area contributed by atoms with Crippen LogP contribution in [0.25, 0.3) is 10.9 Å². The predicted octanol–water partition coefficient (Wildman–Crippen LogP) is 1.52. The molecule has 1 N–H and O–H groups in total. The lowest BCUT2D eigenvalue weighted by Gasteiger charge is -2.37. The number of aromatic nitrogens is 1. The molecule has 1 atom stereocenters. The maximum absolute atomic E-state index is 11.3. The van der Waals surface area contributed by atoms with Gasteiger partial charge in [-0.2, -0.15) is 0 Å². The van der Waals surface area contributed by atoms with Gasteiger partial charge >= 0.3 is 0 Å². The van der Waals surface area contributed by atoms with Crippen molar-refractivity contribution in [2.45, 2.75) is 6.04 Å². The van der Waals surface area contributed by atoms with Crippen LogP contribution >= 0.6 is 0 Å². The van der Waals surface area contributed by atoms with Gasteiger partial charge < -0.3 is 14.8 Å². The van der Waals surface area contributed by atoms with Gasteiger partial charge in [0.15, 0.2) is 0 Å². The number of nitro benzene ring substituents is 1. The summed E-state index contributed by atoms with van der Waals surface area (Å²) in [6, 6.07) is 4.66. The zero-order chi connectivity index (χ0) is 15.0. The van der Waals surface area contributed by atoms with E-state index in [1.165, 1.54) is 6.07 Å². The highest BCUT2D eigenvalue weighted by Gasteiger charge is 2.28. The van der Waals surface area contributed by atoms with Gasteiger partial charge in [-0.25, -0.2) is 0 Å². The van der Waals surface area contributed by atoms with E-state index in [-0.39, 0.29) is 11.7 Å². The van der Waals surface area contributed by atoms with Crippen molar-refractivity contribution in [1.82, 2.24) is 14.8 Å². The first-order valence-electron chi connectivity index (χ1n) is 6.75. The second-order valence-corrected chi connectivity index (χ2v) is 5.35. The molecule has 1 aliphatic rings. The number of benzene rings is 1. The summed E-state index contributed by atoms with van der Waals surface area (Å²) in [7, 11) is 2.01. The van der Waals surface area contributed by atoms with Gasteiger partial charge in [-0.1, -0.05) is 0 Å². The molecule has 7 heteroatoms. The molecule has 1 unspecified atom stereocenters. The summed E-state index contributed by atoms with van der Waals surface area (Å²) in [5, 5.41) is 11.7. The maximum Gasteiger partial charge on any atom is 0.270 e. The molecule has 110 valence electrons. The first-order chi connectivity index (χ1) is 10.1. The highest BCUT2D eigenvalue weighted by Crippen LogP contribution is 2.32. The quantitative estimate of drug-likeness (QED) is 0.527. The van der Waals surface area contributed by atoms with Crippen LogP contribution in [0.3, 0.4) is 0 Å². The van der Waals surface area contributed by atoms with Crippen molar-refractivity contribution in [3.8, 4) is 0 Å². The highest BCUT2D eigenvalue weighted by atomic mass is 16.6. The molecule has 21 heavy (non-hydrogen) atoms. The van der Waals surface area contributed by atoms with Gasteiger partial charge in [0, 0.05) is 54.4 Å². The van der Waals surface area contributed by atoms with Crippen molar-refractivity contribution < 1.29 is 9.72 Å². The molecular weight excluding hydrogens is 272 g/mol. The third kappa shape index (κ3) is 2.36. The smallest absolute Gasteiger partial charge is 0.270 e. The van der Waals surface area contributed by atoms with Crippen molar-refractivity contribution in [2.75, 3.05) is 26.7 Å². The third-order valence-corrected chi connectivity index (χ3v) is 4.03. The third-order valence-electron chi connectivity index (χ3n) is 4.03. The number of carbonyl (C=O) groups excluding carboxylic acids is 1. The van der Waals surface area contributed by atoms with Gasteiger partial charge in [0.1, 0.15) is 0 Å². The lowest BCUT2D eigenvalue weighted by Crippen LogP contribution is -2.45. The monoisotopic (exact) mass is 288 g/mol. The Kier molecular flexibility index (Phi) is 3.34. The zero-order valence-corrected chi connectivity index (χ0v) is 11.7. The van der Waals surface area contributed by atoms with Crippen LogP contribution in [0.5, 0.6) is 0 Å². The van der Waals surface area contributed by atoms with Gasteiger partial charge in [-0.3, -0.25) is 14.9 Å². The number of amides is 1. The van der Waals surface area contributed by atoms with E-state index < -0.39 is 4.92 Å². The van der Waals surface area contributed by atoms with Gasteiger partial charge in [0.2, 0.25) is 6.41 Å². The van der Waals surface area contributed by atoms with Crippen LogP contribution in [0.1, 0.15) is 11.6 Å². The Morgan fingerprint density at radius 2 is 2.24 bits per heavy atom. The number of aromatic amines is 1. The zero-order valence-electron chi connectivity index (χ0n) is 11.7. The number of fused-ring (bicyclic) bond motifs is 1. The van der Waals surface area contributed by atoms with Crippen LogP contribution in [-0.2, 0) is 4.79 Å². The average Bonchev–Trinajstić information content (AvgIpc) is 2.89. The Labute approximate surface area is 121 Å². The Morgan fingerprint density at radius 3 is 2.95 bits per heavy atom. The fourth-order valence-electron chi connectivity index (χ4n) is 2.86. The summed E-state index contributed by atoms with van der Waals surface area (Å²) in [6.07, 6.45) is 2.70. The van der Waals surface area contributed by atoms with Crippen molar-refractivity contribution in [3.63, 3.8) is 0 Å². The van der Waals surface area contributed by atoms with E-state index in [1.54, 1.807) is 17.0 Å². The number of likely N-dealkylation sites (N-methyl/N-ethyl adjacent to an activating group) is 1. The summed E-state index contributed by atoms with van der Waals surface area (Å²) in [5.41, 5.74) is 1.83. The van der Waals surface area contributed by atoms with Crippen molar-refractivity contribution in [1.29, 1.82) is 0 Å². The topological polar surface area (TPSA) is 82.5 Å². The largest absolute Gasteiger partial charge is 0.361 e. The van der Waals surface area contributed by atoms with E-state index in [1.807, 2.05) is 13.2 Å². The van der Waals surface area contributed by atoms with E-state index in [0.717, 1.165) is 29.4 Å². The molecule has 1 fully saturated rings. The summed E-state index contributed by atoms with van der Waals surface area (Å²) in [6.45, 7) is 2.21. The average molecular weight is 288 g/mol. The van der Waals surface area contributed by atoms with E-state index >= 15 is 0 Å². The number of carbonyl (C=O) groups is 1. The molecule has 2 aromatic rings. The summed E-state index contributed by atoms with van der Waals surface area (Å²) in [4.78, 5) is 28.8. The minimum atomic E-state index is -0.402. The van der Waals surface area contributed by atoms with Gasteiger partial charge in [0.25, 0.3) is 5.69 Å². The van der Waals surface area contributed by atoms with Gasteiger partial charge in [0.05, 0.1) is 11.0 Å². The molecule has 0 spiro atoms. The number of rotatable bonds is 3. The first kappa shape index (κ1) is 13.6. The van der Waals surface area contributed by atoms with Crippen LogP contribution in [-0.4, -0.2) is 52.8 Å². The lowest BCUT2D eigenvalue weighted by molar-refractivity contribution is -0.384. The molecular formula is C14H16N4O3. The van der Waals surface area contributed by atoms with Crippen molar-refractivity contribution in [3.05, 3.63) is 40.1 Å². The van der Waals surface area contributed by atoms with Crippen LogP contribution < -0.4 is 0 Å². The SMILES string of the molecule is CN1CCN(C=O)C(c2c[nH]c3ccc([N+](=O)[O-])cc23)C1. The second-order valence-electron chi connectivity index (χ2n) is 5.35. The number of piperazine rings is 1. The molecule has 2 heterocycles. The van der Waals surface area contributed by atoms with Crippen LogP contribution in [0.4, 0.5) is 5.69 Å². The molecule has 0 radical (unpaired) electrons. The highest BCUT2D eigenvalue weighted by molar-refractivity contribution is 5.86. The van der Waals surface area contributed by atoms with E-state index in [4.69, 9.17) is 0 Å². The van der Waals surface area contributed by atoms with E-state index in [2.05, 4.69) is 9.88 Å². The molecule has 7 nitrogen and oxygen atoms in total. The predicted molar refractivity (Wildman–Crippen MR) is 78.0 cm³/mol. The molecule has 0 saturated carbocycles. The van der Waals surface area contributed by atoms with Crippen LogP contribution in [0.15, 0.2) is 24.4 Å². The first-order valence-corrected chi connectivity index (χ1v) is 6.75. The fourth-order valence-corrected chi connectivity index (χ4v) is 2.86. The summed E-state index contributed by atoms with van der Waals surface area (Å²) in [5.74, 6) is 0. The van der Waals surface area contributed by atoms with Crippen molar-refractivity contribution >= 4 is 23.0 Å². The summed E-state index contributed by atoms with van der Waals surface area (Å²) < 4.78 is 0. The molecule has 0 aliphatic carbocycles. The molecule has 1 saturated heterocycles. The second kappa shape index (κ2) is 5.17. The number of non-ortho nitro benzene ring substituents is 1. The molecule has 1 aromatic heterocycles. The molecule has 0 bridgehead atoms. The molecule has 3 rings (SSSR count). The van der Waals surface area contributed by atoms with Crippen molar-refractivity contribution in [2.24, 2.45) is 0 Å². The molecule has 1 aromatic carbocycles. The van der Waals surface area contributed by atoms with Gasteiger partial charge in [-0.15, -0.1) is 0 Å². The minimum absolute atomic E-state index is 0.0603. The van der Waals surface area contributed by atoms with Crippen LogP contribution in [0.2, 0.25) is 0 Å². The Morgan fingerprint density at radius 1 is 1.43 bits per heavy atom. The number of hydrogen-bond donors (Lipinski definition) is 1. The summed E-state index contributed by atoms with van der Waals surface area (Å²) >= 11 is 0. The molecule has 1 aliphatic heterocycles. The number of H-pyrrole nitrogens is 1. The van der Waals surface area contributed by atoms with Crippen LogP contribution in [0, 0.1) is 10.1 Å². The Bertz CT molecular complexity index is 697. The number of nitrogens with zero attached hydrogens (tertiary/aromatic N) is 3. The Hall–Kier alpha value is -2.41. The fraction of sp³-hybridized carbons (Fsp3) is 0.357. The van der Waals surface area contributed by atoms with E-state index in [9.17, 15) is 14.9 Å². The van der Waals surface area contributed by atoms with Gasteiger partial charge in [-0.05, 0) is 13.1 Å². The normalized spacial score (nSPS) is 19.9. The Balaban J connectivity index is 2.07. The minimum Gasteiger partial charge on any atom is -0.361 e. The maximum atomic E-state index is 11.3. The number of nitro groups is 1. The lowest BCUT2D eigenvalue weighted by atomic mass is 10.0. The number of hydrogen-bond acceptors (Lipinski definition) is 4. The standard InChI is InChI=1S/C14H16N4O3/c1-16-4-5-17(9-19)14(8-16)12-7-15-13-3-2-10(18(20)21)6-11(12)13/h2-3,6-7,9,14-15H,4-5,8H2,1H3. The van der Waals surface area contributed by atoms with E-state index in [0.29, 0.717) is 13.1 Å².